The lowest BCUT2D eigenvalue weighted by molar-refractivity contribution is -0.157. The zero-order valence-corrected chi connectivity index (χ0v) is 22.8. The highest BCUT2D eigenvalue weighted by atomic mass is 31.2. The number of nitrogens with zero attached hydrogens (tertiary/aromatic N) is 1. The van der Waals surface area contributed by atoms with Crippen molar-refractivity contribution in [1.29, 1.82) is 0 Å². The largest absolute Gasteiger partial charge is 0.535 e. The van der Waals surface area contributed by atoms with Gasteiger partial charge in [0.05, 0.1) is 11.8 Å². The maximum Gasteiger partial charge on any atom is 0.535 e. The minimum Gasteiger partial charge on any atom is -0.438 e. The number of likely N-dealkylation sites (N-methyl/N-ethyl adjacent to an activating group) is 1. The van der Waals surface area contributed by atoms with Crippen LogP contribution in [-0.2, 0) is 39.1 Å². The molecule has 1 aromatic carbocycles. The van der Waals surface area contributed by atoms with Gasteiger partial charge in [0.15, 0.2) is 0 Å². The molecule has 1 heterocycles. The second-order valence-electron chi connectivity index (χ2n) is 8.31. The molecule has 2 rings (SSSR count). The van der Waals surface area contributed by atoms with Crippen LogP contribution in [0, 0.1) is 11.8 Å². The number of phosphoric acid groups is 1. The Morgan fingerprint density at radius 2 is 1.54 bits per heavy atom. The number of carbonyl (C=O) groups is 2. The number of esters is 2. The lowest BCUT2D eigenvalue weighted by Gasteiger charge is -2.20. The van der Waals surface area contributed by atoms with E-state index < -0.39 is 45.2 Å². The van der Waals surface area contributed by atoms with Gasteiger partial charge in [0.1, 0.15) is 5.75 Å². The van der Waals surface area contributed by atoms with Gasteiger partial charge in [-0.1, -0.05) is 47.6 Å². The Hall–Kier alpha value is -2.39. The number of nitrogens with one attached hydrogen (secondary N) is 1. The molecule has 0 bridgehead atoms. The molecule has 35 heavy (non-hydrogen) atoms. The fourth-order valence-electron chi connectivity index (χ4n) is 2.68. The summed E-state index contributed by atoms with van der Waals surface area (Å²) in [6.45, 7) is 10.1. The molecular weight excluding hydrogens is 475 g/mol. The summed E-state index contributed by atoms with van der Waals surface area (Å²) in [5.41, 5.74) is 1.74. The summed E-state index contributed by atoms with van der Waals surface area (Å²) in [5, 5.41) is 0.727. The Balaban J connectivity index is 0.00000398. The maximum atomic E-state index is 13.4. The van der Waals surface area contributed by atoms with Gasteiger partial charge in [0, 0.05) is 25.1 Å². The number of carbonyl (C=O) groups excluding carboxylic acids is 2. The van der Waals surface area contributed by atoms with E-state index in [1.54, 1.807) is 39.8 Å². The average Bonchev–Trinajstić information content (AvgIpc) is 3.23. The standard InChI is InChI=1S/C22H33N2O8P.C2H6.H2/c1-15(2)21(25)28-13-30-33(27,31-14-29-22(26)16(3)4)32-19-9-7-8-18-20(19)17(12-23-18)10-11-24(5)6;1-2;/h7-9,12,15-16,23H,10-11,13-14H2,1-6H3;1-2H3;1H. The lowest BCUT2D eigenvalue weighted by atomic mass is 10.1. The summed E-state index contributed by atoms with van der Waals surface area (Å²) < 4.78 is 39.4. The normalized spacial score (nSPS) is 11.5. The van der Waals surface area contributed by atoms with Gasteiger partial charge in [-0.3, -0.25) is 9.59 Å². The third-order valence-corrected chi connectivity index (χ3v) is 5.82. The number of aromatic nitrogens is 1. The first-order valence-electron chi connectivity index (χ1n) is 11.7. The number of fused-ring (bicyclic) bond motifs is 1. The molecular formula is C24H41N2O8P. The number of phosphoric ester groups is 1. The minimum absolute atomic E-state index is 0. The summed E-state index contributed by atoms with van der Waals surface area (Å²) >= 11 is 0. The first-order chi connectivity index (χ1) is 16.5. The fraction of sp³-hybridized carbons (Fsp3) is 0.583. The third-order valence-electron chi connectivity index (χ3n) is 4.55. The molecule has 10 nitrogen and oxygen atoms in total. The molecule has 0 fully saturated rings. The summed E-state index contributed by atoms with van der Waals surface area (Å²) in [6.07, 6.45) is 2.58. The highest BCUT2D eigenvalue weighted by molar-refractivity contribution is 7.48. The molecule has 1 aromatic heterocycles. The van der Waals surface area contributed by atoms with Gasteiger partial charge in [-0.2, -0.15) is 0 Å². The number of benzene rings is 1. The van der Waals surface area contributed by atoms with E-state index in [4.69, 9.17) is 23.0 Å². The second-order valence-corrected chi connectivity index (χ2v) is 9.91. The number of hydrogen-bond acceptors (Lipinski definition) is 9. The van der Waals surface area contributed by atoms with Crippen molar-refractivity contribution < 1.29 is 38.6 Å². The van der Waals surface area contributed by atoms with Crippen molar-refractivity contribution in [2.24, 2.45) is 11.8 Å². The zero-order valence-electron chi connectivity index (χ0n) is 22.0. The smallest absolute Gasteiger partial charge is 0.438 e. The van der Waals surface area contributed by atoms with E-state index in [2.05, 4.69) is 4.98 Å². The Morgan fingerprint density at radius 3 is 2.03 bits per heavy atom. The average molecular weight is 517 g/mol. The Kier molecular flexibility index (Phi) is 13.0. The maximum absolute atomic E-state index is 13.4. The lowest BCUT2D eigenvalue weighted by Crippen LogP contribution is -2.17. The van der Waals surface area contributed by atoms with Crippen molar-refractivity contribution in [2.75, 3.05) is 34.2 Å². The Labute approximate surface area is 209 Å². The molecule has 0 unspecified atom stereocenters. The molecule has 0 aliphatic heterocycles. The highest BCUT2D eigenvalue weighted by Crippen LogP contribution is 2.51. The SMILES string of the molecule is CC.CC(C)C(=O)OCOP(=O)(OCOC(=O)C(C)C)Oc1cccc2[nH]cc(CCN(C)C)c12.[HH]. The van der Waals surface area contributed by atoms with Crippen LogP contribution in [0.5, 0.6) is 5.75 Å². The molecule has 0 amide bonds. The van der Waals surface area contributed by atoms with Gasteiger partial charge in [-0.15, -0.1) is 0 Å². The molecule has 0 saturated heterocycles. The first-order valence-corrected chi connectivity index (χ1v) is 13.1. The van der Waals surface area contributed by atoms with Crippen molar-refractivity contribution in [2.45, 2.75) is 48.0 Å². The molecule has 0 atom stereocenters. The Morgan fingerprint density at radius 1 is 1.00 bits per heavy atom. The van der Waals surface area contributed by atoms with Crippen molar-refractivity contribution in [3.8, 4) is 5.75 Å². The second kappa shape index (κ2) is 14.9. The van der Waals surface area contributed by atoms with Crippen LogP contribution in [0.25, 0.3) is 10.9 Å². The van der Waals surface area contributed by atoms with Crippen molar-refractivity contribution in [1.82, 2.24) is 9.88 Å². The molecule has 2 aromatic rings. The summed E-state index contributed by atoms with van der Waals surface area (Å²) in [5.74, 6) is -1.60. The van der Waals surface area contributed by atoms with Crippen LogP contribution >= 0.6 is 7.82 Å². The summed E-state index contributed by atoms with van der Waals surface area (Å²) in [4.78, 5) is 28.7. The van der Waals surface area contributed by atoms with Crippen LogP contribution in [0.1, 0.15) is 48.5 Å². The van der Waals surface area contributed by atoms with Crippen LogP contribution in [0.3, 0.4) is 0 Å². The van der Waals surface area contributed by atoms with Crippen LogP contribution in [0.15, 0.2) is 24.4 Å². The van der Waals surface area contributed by atoms with E-state index >= 15 is 0 Å². The highest BCUT2D eigenvalue weighted by Gasteiger charge is 2.32. The molecule has 1 N–H and O–H groups in total. The number of ether oxygens (including phenoxy) is 2. The predicted octanol–water partition coefficient (Wildman–Crippen LogP) is 5.38. The molecule has 200 valence electrons. The van der Waals surface area contributed by atoms with E-state index in [0.717, 1.165) is 29.4 Å². The monoisotopic (exact) mass is 516 g/mol. The topological polar surface area (TPSA) is 116 Å². The number of hydrogen-bond donors (Lipinski definition) is 1. The van der Waals surface area contributed by atoms with Crippen LogP contribution < -0.4 is 4.52 Å². The quantitative estimate of drug-likeness (QED) is 0.213. The predicted molar refractivity (Wildman–Crippen MR) is 136 cm³/mol. The third kappa shape index (κ3) is 10.0. The van der Waals surface area contributed by atoms with Gasteiger partial charge in [-0.25, -0.2) is 13.6 Å². The number of aromatic amines is 1. The number of rotatable bonds is 13. The zero-order chi connectivity index (χ0) is 26.6. The van der Waals surface area contributed by atoms with Crippen molar-refractivity contribution in [3.63, 3.8) is 0 Å². The first kappa shape index (κ1) is 30.6. The van der Waals surface area contributed by atoms with Crippen LogP contribution in [0.2, 0.25) is 0 Å². The van der Waals surface area contributed by atoms with Crippen LogP contribution in [0.4, 0.5) is 0 Å². The molecule has 0 aliphatic rings. The van der Waals surface area contributed by atoms with E-state index in [9.17, 15) is 14.2 Å². The molecule has 0 spiro atoms. The molecule has 0 radical (unpaired) electrons. The Bertz CT molecular complexity index is 964. The summed E-state index contributed by atoms with van der Waals surface area (Å²) in [7, 11) is -0.388. The van der Waals surface area contributed by atoms with Gasteiger partial charge in [-0.05, 0) is 38.2 Å². The van der Waals surface area contributed by atoms with Crippen molar-refractivity contribution >= 4 is 30.7 Å². The van der Waals surface area contributed by atoms with Crippen molar-refractivity contribution in [3.05, 3.63) is 30.0 Å². The molecule has 0 aliphatic carbocycles. The fourth-order valence-corrected chi connectivity index (χ4v) is 3.62. The van der Waals surface area contributed by atoms with E-state index in [-0.39, 0.29) is 7.18 Å². The van der Waals surface area contributed by atoms with Gasteiger partial charge < -0.3 is 23.9 Å². The van der Waals surface area contributed by atoms with Gasteiger partial charge >= 0.3 is 19.8 Å². The number of H-pyrrole nitrogens is 1. The van der Waals surface area contributed by atoms with E-state index in [1.165, 1.54) is 0 Å². The summed E-state index contributed by atoms with van der Waals surface area (Å²) in [6, 6.07) is 5.23. The van der Waals surface area contributed by atoms with Gasteiger partial charge in [0.2, 0.25) is 13.6 Å². The molecule has 0 saturated carbocycles. The minimum atomic E-state index is -4.33. The molecule has 11 heteroatoms. The van der Waals surface area contributed by atoms with E-state index in [0.29, 0.717) is 0 Å². The van der Waals surface area contributed by atoms with E-state index in [1.807, 2.05) is 45.1 Å². The van der Waals surface area contributed by atoms with Gasteiger partial charge in [0.25, 0.3) is 0 Å². The van der Waals surface area contributed by atoms with Crippen LogP contribution in [-0.4, -0.2) is 56.0 Å².